The van der Waals surface area contributed by atoms with Crippen LogP contribution in [-0.4, -0.2) is 41.5 Å². The molecule has 2 aromatic heterocycles. The van der Waals surface area contributed by atoms with Crippen LogP contribution in [0, 0.1) is 17.0 Å². The van der Waals surface area contributed by atoms with E-state index < -0.39 is 10.9 Å². The standard InChI is InChI=1S/C20H17N5O4S/c1-11-5-13(6-12-3-4-24(2)18(11)12)14-7-15(9-16(8-14)25(28)29)19-21-20(23-22-19)30-10-17(26)27/h3-9H,10H2,1-2H3,(H,26,27)(H,21,22,23). The molecule has 0 bridgehead atoms. The molecular weight excluding hydrogens is 406 g/mol. The number of aromatic nitrogens is 4. The molecule has 4 aromatic rings. The van der Waals surface area contributed by atoms with Crippen LogP contribution in [0.15, 0.2) is 47.8 Å². The van der Waals surface area contributed by atoms with Gasteiger partial charge in [-0.25, -0.2) is 4.98 Å². The van der Waals surface area contributed by atoms with Crippen LogP contribution in [0.1, 0.15) is 5.56 Å². The molecule has 2 aromatic carbocycles. The fourth-order valence-corrected chi connectivity index (χ4v) is 3.95. The van der Waals surface area contributed by atoms with E-state index in [9.17, 15) is 14.9 Å². The van der Waals surface area contributed by atoms with Gasteiger partial charge in [0.1, 0.15) is 0 Å². The van der Waals surface area contributed by atoms with Crippen LogP contribution in [0.4, 0.5) is 5.69 Å². The number of aryl methyl sites for hydroxylation is 2. The van der Waals surface area contributed by atoms with Gasteiger partial charge in [-0.3, -0.25) is 20.0 Å². The second-order valence-electron chi connectivity index (χ2n) is 6.83. The van der Waals surface area contributed by atoms with E-state index >= 15 is 0 Å². The highest BCUT2D eigenvalue weighted by Gasteiger charge is 2.16. The number of non-ortho nitro benzene ring substituents is 1. The molecule has 0 unspecified atom stereocenters. The summed E-state index contributed by atoms with van der Waals surface area (Å²) < 4.78 is 2.04. The quantitative estimate of drug-likeness (QED) is 0.272. The number of aliphatic carboxylic acids is 1. The molecule has 2 heterocycles. The number of nitrogens with one attached hydrogen (secondary N) is 1. The number of aromatic amines is 1. The van der Waals surface area contributed by atoms with Gasteiger partial charge in [-0.05, 0) is 47.9 Å². The van der Waals surface area contributed by atoms with Crippen molar-refractivity contribution in [3.63, 3.8) is 0 Å². The number of nitro groups is 1. The number of thioether (sulfide) groups is 1. The Morgan fingerprint density at radius 1 is 1.23 bits per heavy atom. The third-order valence-electron chi connectivity index (χ3n) is 4.69. The lowest BCUT2D eigenvalue weighted by molar-refractivity contribution is -0.384. The second-order valence-corrected chi connectivity index (χ2v) is 7.77. The number of carboxylic acids is 1. The summed E-state index contributed by atoms with van der Waals surface area (Å²) in [6.45, 7) is 2.01. The number of nitrogens with zero attached hydrogens (tertiary/aromatic N) is 4. The Morgan fingerprint density at radius 2 is 1.97 bits per heavy atom. The normalized spacial score (nSPS) is 11.1. The first-order chi connectivity index (χ1) is 14.3. The van der Waals surface area contributed by atoms with Crippen molar-refractivity contribution < 1.29 is 14.8 Å². The molecule has 0 aliphatic rings. The van der Waals surface area contributed by atoms with Crippen molar-refractivity contribution in [1.82, 2.24) is 19.7 Å². The predicted molar refractivity (Wildman–Crippen MR) is 113 cm³/mol. The Hall–Kier alpha value is -3.66. The Balaban J connectivity index is 1.79. The van der Waals surface area contributed by atoms with Crippen LogP contribution in [0.25, 0.3) is 33.4 Å². The molecule has 152 valence electrons. The summed E-state index contributed by atoms with van der Waals surface area (Å²) in [5.74, 6) is -0.811. The summed E-state index contributed by atoms with van der Waals surface area (Å²) in [5.41, 5.74) is 4.15. The number of H-pyrrole nitrogens is 1. The van der Waals surface area contributed by atoms with Gasteiger partial charge in [0, 0.05) is 36.3 Å². The molecule has 9 nitrogen and oxygen atoms in total. The van der Waals surface area contributed by atoms with Gasteiger partial charge in [-0.15, -0.1) is 5.10 Å². The Bertz CT molecular complexity index is 1290. The minimum atomic E-state index is -0.976. The lowest BCUT2D eigenvalue weighted by Gasteiger charge is -2.08. The van der Waals surface area contributed by atoms with E-state index in [1.165, 1.54) is 12.1 Å². The zero-order valence-corrected chi connectivity index (χ0v) is 16.9. The van der Waals surface area contributed by atoms with Gasteiger partial charge in [-0.2, -0.15) is 0 Å². The molecule has 0 atom stereocenters. The summed E-state index contributed by atoms with van der Waals surface area (Å²) in [6.07, 6.45) is 1.98. The minimum Gasteiger partial charge on any atom is -0.481 e. The van der Waals surface area contributed by atoms with E-state index in [1.54, 1.807) is 0 Å². The molecule has 0 saturated carbocycles. The van der Waals surface area contributed by atoms with Crippen molar-refractivity contribution in [2.24, 2.45) is 7.05 Å². The Kier molecular flexibility index (Phi) is 5.00. The zero-order chi connectivity index (χ0) is 21.4. The fraction of sp³-hybridized carbons (Fsp3) is 0.150. The molecule has 30 heavy (non-hydrogen) atoms. The van der Waals surface area contributed by atoms with Gasteiger partial charge in [0.15, 0.2) is 5.82 Å². The predicted octanol–water partition coefficient (Wildman–Crippen LogP) is 4.02. The van der Waals surface area contributed by atoms with Crippen molar-refractivity contribution in [1.29, 1.82) is 0 Å². The van der Waals surface area contributed by atoms with E-state index in [-0.39, 0.29) is 16.6 Å². The highest BCUT2D eigenvalue weighted by Crippen LogP contribution is 2.33. The Labute approximate surface area is 174 Å². The first kappa shape index (κ1) is 19.6. The van der Waals surface area contributed by atoms with Crippen molar-refractivity contribution in [3.05, 3.63) is 58.3 Å². The van der Waals surface area contributed by atoms with E-state index in [1.807, 2.05) is 49.0 Å². The van der Waals surface area contributed by atoms with Crippen LogP contribution in [0.5, 0.6) is 0 Å². The lowest BCUT2D eigenvalue weighted by Crippen LogP contribution is -1.97. The van der Waals surface area contributed by atoms with E-state index in [2.05, 4.69) is 15.2 Å². The van der Waals surface area contributed by atoms with Gasteiger partial charge in [0.2, 0.25) is 5.16 Å². The number of carboxylic acid groups (broad SMARTS) is 1. The summed E-state index contributed by atoms with van der Waals surface area (Å²) in [6, 6.07) is 10.8. The van der Waals surface area contributed by atoms with Crippen LogP contribution in [-0.2, 0) is 11.8 Å². The molecular formula is C20H17N5O4S. The van der Waals surface area contributed by atoms with Crippen LogP contribution >= 0.6 is 11.8 Å². The van der Waals surface area contributed by atoms with Crippen molar-refractivity contribution in [3.8, 4) is 22.5 Å². The molecule has 4 rings (SSSR count). The van der Waals surface area contributed by atoms with Gasteiger partial charge in [0.25, 0.3) is 5.69 Å². The third-order valence-corrected chi connectivity index (χ3v) is 5.52. The number of hydrogen-bond acceptors (Lipinski definition) is 6. The largest absolute Gasteiger partial charge is 0.481 e. The molecule has 0 saturated heterocycles. The van der Waals surface area contributed by atoms with Gasteiger partial charge in [-0.1, -0.05) is 11.8 Å². The highest BCUT2D eigenvalue weighted by molar-refractivity contribution is 7.99. The fourth-order valence-electron chi connectivity index (χ4n) is 3.44. The van der Waals surface area contributed by atoms with E-state index in [0.717, 1.165) is 33.8 Å². The first-order valence-corrected chi connectivity index (χ1v) is 9.93. The maximum atomic E-state index is 11.5. The van der Waals surface area contributed by atoms with Crippen molar-refractivity contribution >= 4 is 34.3 Å². The second kappa shape index (κ2) is 7.64. The van der Waals surface area contributed by atoms with Gasteiger partial charge < -0.3 is 9.67 Å². The van der Waals surface area contributed by atoms with E-state index in [4.69, 9.17) is 5.11 Å². The zero-order valence-electron chi connectivity index (χ0n) is 16.1. The van der Waals surface area contributed by atoms with Gasteiger partial charge >= 0.3 is 5.97 Å². The summed E-state index contributed by atoms with van der Waals surface area (Å²) in [7, 11) is 1.98. The summed E-state index contributed by atoms with van der Waals surface area (Å²) in [5, 5.41) is 28.4. The topological polar surface area (TPSA) is 127 Å². The van der Waals surface area contributed by atoms with Crippen LogP contribution in [0.2, 0.25) is 0 Å². The van der Waals surface area contributed by atoms with Crippen LogP contribution < -0.4 is 0 Å². The number of fused-ring (bicyclic) bond motifs is 1. The van der Waals surface area contributed by atoms with E-state index in [0.29, 0.717) is 17.0 Å². The minimum absolute atomic E-state index is 0.0653. The smallest absolute Gasteiger partial charge is 0.313 e. The monoisotopic (exact) mass is 423 g/mol. The number of carbonyl (C=O) groups is 1. The lowest BCUT2D eigenvalue weighted by atomic mass is 9.98. The number of nitro benzene ring substituents is 1. The highest BCUT2D eigenvalue weighted by atomic mass is 32.2. The summed E-state index contributed by atoms with van der Waals surface area (Å²) >= 11 is 0.972. The third kappa shape index (κ3) is 3.77. The molecule has 0 spiro atoms. The maximum absolute atomic E-state index is 11.5. The molecule has 0 fully saturated rings. The molecule has 0 aliphatic heterocycles. The first-order valence-electron chi connectivity index (χ1n) is 8.95. The molecule has 0 radical (unpaired) electrons. The molecule has 0 amide bonds. The molecule has 0 aliphatic carbocycles. The van der Waals surface area contributed by atoms with Crippen LogP contribution in [0.3, 0.4) is 0 Å². The van der Waals surface area contributed by atoms with Crippen molar-refractivity contribution in [2.75, 3.05) is 5.75 Å². The Morgan fingerprint density at radius 3 is 2.70 bits per heavy atom. The number of rotatable bonds is 6. The molecule has 2 N–H and O–H groups in total. The SMILES string of the molecule is Cc1cc(-c2cc(-c3nc(SCC(=O)O)n[nH]3)cc([N+](=O)[O-])c2)cc2ccn(C)c12. The number of benzene rings is 2. The summed E-state index contributed by atoms with van der Waals surface area (Å²) in [4.78, 5) is 26.1. The number of hydrogen-bond donors (Lipinski definition) is 2. The average molecular weight is 423 g/mol. The maximum Gasteiger partial charge on any atom is 0.313 e. The molecule has 10 heteroatoms. The van der Waals surface area contributed by atoms with Gasteiger partial charge in [0.05, 0.1) is 16.2 Å². The average Bonchev–Trinajstić information content (AvgIpc) is 3.33. The van der Waals surface area contributed by atoms with Crippen molar-refractivity contribution in [2.45, 2.75) is 12.1 Å².